The largest absolute Gasteiger partial charge is 0.379 e. The van der Waals surface area contributed by atoms with Gasteiger partial charge in [-0.3, -0.25) is 14.9 Å². The molecule has 0 aliphatic carbocycles. The number of aromatic nitrogens is 2. The van der Waals surface area contributed by atoms with Crippen molar-refractivity contribution in [3.05, 3.63) is 59.5 Å². The van der Waals surface area contributed by atoms with Crippen molar-refractivity contribution >= 4 is 39.4 Å². The number of amides is 1. The molecule has 3 aromatic rings. The zero-order valence-electron chi connectivity index (χ0n) is 14.6. The number of anilines is 1. The maximum Gasteiger partial charge on any atom is 0.276 e. The monoisotopic (exact) mass is 383 g/mol. The van der Waals surface area contributed by atoms with E-state index in [9.17, 15) is 9.18 Å². The number of thioether (sulfide) groups is 1. The van der Waals surface area contributed by atoms with Crippen LogP contribution in [0.1, 0.15) is 29.4 Å². The maximum atomic E-state index is 14.5. The second-order valence-corrected chi connectivity index (χ2v) is 7.70. The van der Waals surface area contributed by atoms with Gasteiger partial charge >= 0.3 is 0 Å². The predicted octanol–water partition coefficient (Wildman–Crippen LogP) is 3.62. The number of nitrogens with zero attached hydrogens (tertiary/aromatic N) is 2. The number of carbonyl (C=O) groups is 1. The highest BCUT2D eigenvalue weighted by Crippen LogP contribution is 2.37. The molecule has 27 heavy (non-hydrogen) atoms. The minimum atomic E-state index is -0.751. The SMILES string of the molecule is C[C@@]1(c2cc(NC(=O)c3n[nH]c4ccccc34)ccc2F)CCSC(N)=N1. The Morgan fingerprint density at radius 2 is 2.15 bits per heavy atom. The molecule has 0 radical (unpaired) electrons. The molecule has 0 unspecified atom stereocenters. The zero-order chi connectivity index (χ0) is 19.0. The lowest BCUT2D eigenvalue weighted by molar-refractivity contribution is 0.102. The van der Waals surface area contributed by atoms with Gasteiger partial charge in [0.15, 0.2) is 10.9 Å². The number of benzene rings is 2. The summed E-state index contributed by atoms with van der Waals surface area (Å²) in [6, 6.07) is 11.9. The first-order chi connectivity index (χ1) is 13.0. The number of aliphatic imine (C=N–C) groups is 1. The molecule has 1 aliphatic rings. The fourth-order valence-electron chi connectivity index (χ4n) is 3.22. The van der Waals surface area contributed by atoms with E-state index in [0.29, 0.717) is 28.5 Å². The van der Waals surface area contributed by atoms with Gasteiger partial charge in [-0.05, 0) is 37.6 Å². The molecular weight excluding hydrogens is 365 g/mol. The van der Waals surface area contributed by atoms with Gasteiger partial charge in [-0.15, -0.1) is 0 Å². The first-order valence-electron chi connectivity index (χ1n) is 8.49. The smallest absolute Gasteiger partial charge is 0.276 e. The van der Waals surface area contributed by atoms with E-state index >= 15 is 0 Å². The van der Waals surface area contributed by atoms with Crippen molar-refractivity contribution in [3.63, 3.8) is 0 Å². The van der Waals surface area contributed by atoms with Crippen LogP contribution in [0, 0.1) is 5.82 Å². The van der Waals surface area contributed by atoms with E-state index in [4.69, 9.17) is 5.73 Å². The molecule has 1 aromatic heterocycles. The van der Waals surface area contributed by atoms with Gasteiger partial charge in [0.25, 0.3) is 5.91 Å². The van der Waals surface area contributed by atoms with E-state index in [0.717, 1.165) is 16.7 Å². The van der Waals surface area contributed by atoms with Gasteiger partial charge in [-0.2, -0.15) is 5.10 Å². The summed E-state index contributed by atoms with van der Waals surface area (Å²) in [5.41, 5.74) is 7.06. The molecule has 4 N–H and O–H groups in total. The summed E-state index contributed by atoms with van der Waals surface area (Å²) >= 11 is 1.46. The van der Waals surface area contributed by atoms with Gasteiger partial charge in [0.05, 0.1) is 11.1 Å². The van der Waals surface area contributed by atoms with Gasteiger partial charge in [-0.25, -0.2) is 4.39 Å². The molecule has 6 nitrogen and oxygen atoms in total. The molecular formula is C19H18FN5OS. The molecule has 2 heterocycles. The summed E-state index contributed by atoms with van der Waals surface area (Å²) in [7, 11) is 0. The van der Waals surface area contributed by atoms with Crippen molar-refractivity contribution in [3.8, 4) is 0 Å². The second kappa shape index (κ2) is 6.70. The van der Waals surface area contributed by atoms with Crippen LogP contribution in [0.2, 0.25) is 0 Å². The molecule has 0 saturated heterocycles. The number of carbonyl (C=O) groups excluding carboxylic acids is 1. The third kappa shape index (κ3) is 3.28. The minimum Gasteiger partial charge on any atom is -0.379 e. The van der Waals surface area contributed by atoms with E-state index in [2.05, 4.69) is 20.5 Å². The normalized spacial score (nSPS) is 19.7. The van der Waals surface area contributed by atoms with E-state index < -0.39 is 5.54 Å². The van der Waals surface area contributed by atoms with Crippen molar-refractivity contribution in [2.45, 2.75) is 18.9 Å². The highest BCUT2D eigenvalue weighted by atomic mass is 32.2. The molecule has 0 bridgehead atoms. The number of fused-ring (bicyclic) bond motifs is 1. The van der Waals surface area contributed by atoms with Crippen molar-refractivity contribution < 1.29 is 9.18 Å². The Hall–Kier alpha value is -2.87. The van der Waals surface area contributed by atoms with E-state index in [1.54, 1.807) is 6.07 Å². The van der Waals surface area contributed by atoms with E-state index in [-0.39, 0.29) is 11.7 Å². The van der Waals surface area contributed by atoms with Crippen LogP contribution in [0.5, 0.6) is 0 Å². The Morgan fingerprint density at radius 3 is 2.96 bits per heavy atom. The van der Waals surface area contributed by atoms with Crippen LogP contribution in [0.25, 0.3) is 10.9 Å². The van der Waals surface area contributed by atoms with Gasteiger partial charge < -0.3 is 11.1 Å². The average molecular weight is 383 g/mol. The number of hydrogen-bond donors (Lipinski definition) is 3. The predicted molar refractivity (Wildman–Crippen MR) is 106 cm³/mol. The number of para-hydroxylation sites is 1. The molecule has 4 rings (SSSR count). The molecule has 0 saturated carbocycles. The van der Waals surface area contributed by atoms with Crippen molar-refractivity contribution in [2.75, 3.05) is 11.1 Å². The van der Waals surface area contributed by atoms with Crippen LogP contribution >= 0.6 is 11.8 Å². The summed E-state index contributed by atoms with van der Waals surface area (Å²) in [6.45, 7) is 1.85. The summed E-state index contributed by atoms with van der Waals surface area (Å²) in [4.78, 5) is 17.1. The van der Waals surface area contributed by atoms with Crippen LogP contribution in [0.3, 0.4) is 0 Å². The molecule has 1 aliphatic heterocycles. The van der Waals surface area contributed by atoms with Crippen LogP contribution < -0.4 is 11.1 Å². The molecule has 138 valence electrons. The highest BCUT2D eigenvalue weighted by molar-refractivity contribution is 8.13. The average Bonchev–Trinajstić information content (AvgIpc) is 3.07. The molecule has 1 atom stereocenters. The Balaban J connectivity index is 1.65. The van der Waals surface area contributed by atoms with Crippen LogP contribution in [0.15, 0.2) is 47.5 Å². The first-order valence-corrected chi connectivity index (χ1v) is 9.47. The van der Waals surface area contributed by atoms with Gasteiger partial charge in [0.1, 0.15) is 5.82 Å². The maximum absolute atomic E-state index is 14.5. The standard InChI is InChI=1S/C19H18FN5OS/c1-19(8-9-27-18(21)23-19)13-10-11(6-7-14(13)20)22-17(26)16-12-4-2-3-5-15(12)24-25-16/h2-7,10H,8-9H2,1H3,(H2,21,23)(H,22,26)(H,24,25)/t19-/m0/s1. The molecule has 2 aromatic carbocycles. The molecule has 8 heteroatoms. The first kappa shape index (κ1) is 17.5. The van der Waals surface area contributed by atoms with Crippen LogP contribution in [0.4, 0.5) is 10.1 Å². The highest BCUT2D eigenvalue weighted by Gasteiger charge is 2.32. The van der Waals surface area contributed by atoms with E-state index in [1.165, 1.54) is 23.9 Å². The fourth-order valence-corrected chi connectivity index (χ4v) is 4.20. The molecule has 0 spiro atoms. The number of nitrogens with one attached hydrogen (secondary N) is 2. The third-order valence-electron chi connectivity index (χ3n) is 4.69. The van der Waals surface area contributed by atoms with Crippen LogP contribution in [-0.2, 0) is 5.54 Å². The van der Waals surface area contributed by atoms with Crippen molar-refractivity contribution in [2.24, 2.45) is 10.7 Å². The van der Waals surface area contributed by atoms with Gasteiger partial charge in [0, 0.05) is 22.4 Å². The Bertz CT molecular complexity index is 1060. The number of H-pyrrole nitrogens is 1. The summed E-state index contributed by atoms with van der Waals surface area (Å²) in [5.74, 6) is 0.0303. The minimum absolute atomic E-state index is 0.291. The Kier molecular flexibility index (Phi) is 4.35. The number of rotatable bonds is 3. The van der Waals surface area contributed by atoms with Crippen LogP contribution in [-0.4, -0.2) is 27.0 Å². The van der Waals surface area contributed by atoms with Crippen molar-refractivity contribution in [1.82, 2.24) is 10.2 Å². The molecule has 0 fully saturated rings. The number of hydrogen-bond acceptors (Lipinski definition) is 5. The summed E-state index contributed by atoms with van der Waals surface area (Å²) in [6.07, 6.45) is 0.663. The number of aromatic amines is 1. The lowest BCUT2D eigenvalue weighted by Crippen LogP contribution is -2.29. The van der Waals surface area contributed by atoms with Crippen molar-refractivity contribution in [1.29, 1.82) is 0 Å². The van der Waals surface area contributed by atoms with E-state index in [1.807, 2.05) is 31.2 Å². The third-order valence-corrected chi connectivity index (χ3v) is 5.48. The lowest BCUT2D eigenvalue weighted by atomic mass is 9.89. The lowest BCUT2D eigenvalue weighted by Gasteiger charge is -2.30. The van der Waals surface area contributed by atoms with Gasteiger partial charge in [0.2, 0.25) is 0 Å². The fraction of sp³-hybridized carbons (Fsp3) is 0.211. The molecule has 1 amide bonds. The number of halogens is 1. The topological polar surface area (TPSA) is 96.2 Å². The summed E-state index contributed by atoms with van der Waals surface area (Å²) in [5, 5.41) is 10.9. The number of nitrogens with two attached hydrogens (primary N) is 1. The summed E-state index contributed by atoms with van der Waals surface area (Å²) < 4.78 is 14.5. The Labute approximate surface area is 159 Å². The quantitative estimate of drug-likeness (QED) is 0.644. The number of amidine groups is 1. The Morgan fingerprint density at radius 1 is 1.33 bits per heavy atom. The zero-order valence-corrected chi connectivity index (χ0v) is 15.4. The van der Waals surface area contributed by atoms with Gasteiger partial charge in [-0.1, -0.05) is 30.0 Å². The second-order valence-electron chi connectivity index (χ2n) is 6.59.